The summed E-state index contributed by atoms with van der Waals surface area (Å²) in [7, 11) is 0. The number of aromatic nitrogens is 1. The number of para-hydroxylation sites is 1. The van der Waals surface area contributed by atoms with Gasteiger partial charge in [-0.15, -0.1) is 11.3 Å². The van der Waals surface area contributed by atoms with Crippen LogP contribution in [0.1, 0.15) is 35.5 Å². The Labute approximate surface area is 261 Å². The molecule has 226 valence electrons. The smallest absolute Gasteiger partial charge is 0.305 e. The molecule has 0 aliphatic carbocycles. The minimum atomic E-state index is -1.68. The lowest BCUT2D eigenvalue weighted by Crippen LogP contribution is -2.65. The molecule has 1 saturated heterocycles. The number of carbonyl (C=O) groups excluding carboxylic acids is 1. The van der Waals surface area contributed by atoms with Gasteiger partial charge in [-0.2, -0.15) is 0 Å². The van der Waals surface area contributed by atoms with Crippen LogP contribution in [0.5, 0.6) is 0 Å². The van der Waals surface area contributed by atoms with Crippen molar-refractivity contribution in [2.45, 2.75) is 63.9 Å². The van der Waals surface area contributed by atoms with Crippen LogP contribution in [0.3, 0.4) is 0 Å². The van der Waals surface area contributed by atoms with E-state index in [1.54, 1.807) is 0 Å². The van der Waals surface area contributed by atoms with Crippen LogP contribution >= 0.6 is 11.3 Å². The number of hydrogen-bond acceptors (Lipinski definition) is 8. The molecule has 5 atom stereocenters. The van der Waals surface area contributed by atoms with E-state index >= 15 is 0 Å². The van der Waals surface area contributed by atoms with Crippen LogP contribution < -0.4 is 0 Å². The lowest BCUT2D eigenvalue weighted by atomic mass is 9.91. The SMILES string of the molecule is CC(=O)O[C@]1(c2nc3ccccc3s2)O[C@@H](C)[C@@H](OCc2ccccc2)[C@@H](OCc2ccccc2)[C@@H]1OCc1ccccc1. The average molecular weight is 610 g/mol. The van der Waals surface area contributed by atoms with Gasteiger partial charge in [-0.05, 0) is 35.7 Å². The van der Waals surface area contributed by atoms with Crippen molar-refractivity contribution >= 4 is 27.5 Å². The van der Waals surface area contributed by atoms with Crippen LogP contribution in [-0.2, 0) is 54.1 Å². The molecular formula is C36H35NO6S. The summed E-state index contributed by atoms with van der Waals surface area (Å²) in [6.07, 6.45) is -2.73. The lowest BCUT2D eigenvalue weighted by Gasteiger charge is -2.50. The maximum absolute atomic E-state index is 12.9. The Balaban J connectivity index is 1.44. The first-order chi connectivity index (χ1) is 21.5. The van der Waals surface area contributed by atoms with Gasteiger partial charge in [0.25, 0.3) is 5.79 Å². The van der Waals surface area contributed by atoms with Crippen LogP contribution in [0.25, 0.3) is 10.2 Å². The monoisotopic (exact) mass is 609 g/mol. The molecule has 0 N–H and O–H groups in total. The van der Waals surface area contributed by atoms with Gasteiger partial charge < -0.3 is 23.7 Å². The number of esters is 1. The standard InChI is InChI=1S/C36H35NO6S/c1-25-32(39-22-27-14-6-3-7-15-27)33(40-23-28-16-8-4-9-17-28)34(41-24-29-18-10-5-11-19-29)36(42-25,43-26(2)38)35-37-30-20-12-13-21-31(30)44-35/h3-21,25,32-34H,22-24H2,1-2H3/t25-,32+,33+,34-,36+/m0/s1. The van der Waals surface area contributed by atoms with Crippen LogP contribution in [0.4, 0.5) is 0 Å². The summed E-state index contributed by atoms with van der Waals surface area (Å²) in [6.45, 7) is 4.15. The Bertz CT molecular complexity index is 1610. The van der Waals surface area contributed by atoms with Crippen molar-refractivity contribution in [1.82, 2.24) is 4.98 Å². The third-order valence-electron chi connectivity index (χ3n) is 7.55. The minimum absolute atomic E-state index is 0.230. The third-order valence-corrected chi connectivity index (χ3v) is 8.68. The number of nitrogens with zero attached hydrogens (tertiary/aromatic N) is 1. The highest BCUT2D eigenvalue weighted by molar-refractivity contribution is 7.18. The Morgan fingerprint density at radius 2 is 1.23 bits per heavy atom. The van der Waals surface area contributed by atoms with Crippen LogP contribution in [-0.4, -0.2) is 35.4 Å². The second-order valence-electron chi connectivity index (χ2n) is 10.8. The third kappa shape index (κ3) is 6.75. The van der Waals surface area contributed by atoms with Crippen molar-refractivity contribution in [3.63, 3.8) is 0 Å². The molecule has 1 aromatic heterocycles. The zero-order valence-electron chi connectivity index (χ0n) is 24.7. The van der Waals surface area contributed by atoms with Gasteiger partial charge in [0.15, 0.2) is 11.1 Å². The van der Waals surface area contributed by atoms with E-state index in [1.807, 2.05) is 122 Å². The van der Waals surface area contributed by atoms with E-state index < -0.39 is 36.2 Å². The van der Waals surface area contributed by atoms with Gasteiger partial charge in [0, 0.05) is 6.92 Å². The molecule has 5 aromatic rings. The molecule has 0 saturated carbocycles. The van der Waals surface area contributed by atoms with Gasteiger partial charge in [0.05, 0.1) is 36.1 Å². The molecule has 4 aromatic carbocycles. The number of benzene rings is 4. The molecule has 0 radical (unpaired) electrons. The van der Waals surface area contributed by atoms with E-state index in [-0.39, 0.29) is 6.61 Å². The Morgan fingerprint density at radius 3 is 1.77 bits per heavy atom. The minimum Gasteiger partial charge on any atom is -0.423 e. The summed E-state index contributed by atoms with van der Waals surface area (Å²) in [5, 5.41) is 0.480. The van der Waals surface area contributed by atoms with Crippen LogP contribution in [0.2, 0.25) is 0 Å². The van der Waals surface area contributed by atoms with E-state index in [4.69, 9.17) is 28.7 Å². The van der Waals surface area contributed by atoms with E-state index in [1.165, 1.54) is 18.3 Å². The first-order valence-electron chi connectivity index (χ1n) is 14.7. The second-order valence-corrected chi connectivity index (χ2v) is 11.8. The average Bonchev–Trinajstić information content (AvgIpc) is 3.49. The number of rotatable bonds is 11. The fourth-order valence-corrected chi connectivity index (χ4v) is 6.57. The zero-order chi connectivity index (χ0) is 30.4. The summed E-state index contributed by atoms with van der Waals surface area (Å²) >= 11 is 1.41. The number of hydrogen-bond donors (Lipinski definition) is 0. The van der Waals surface area contributed by atoms with Crippen molar-refractivity contribution in [2.24, 2.45) is 0 Å². The van der Waals surface area contributed by atoms with E-state index in [2.05, 4.69) is 0 Å². The molecule has 0 spiro atoms. The highest BCUT2D eigenvalue weighted by Crippen LogP contribution is 2.46. The summed E-state index contributed by atoms with van der Waals surface area (Å²) in [4.78, 5) is 17.8. The maximum atomic E-state index is 12.9. The summed E-state index contributed by atoms with van der Waals surface area (Å²) in [5.41, 5.74) is 3.75. The largest absolute Gasteiger partial charge is 0.423 e. The van der Waals surface area contributed by atoms with Crippen molar-refractivity contribution < 1.29 is 28.5 Å². The predicted octanol–water partition coefficient (Wildman–Crippen LogP) is 7.19. The summed E-state index contributed by atoms with van der Waals surface area (Å²) in [5.74, 6) is -2.20. The summed E-state index contributed by atoms with van der Waals surface area (Å²) in [6, 6.07) is 37.5. The number of ether oxygens (including phenoxy) is 5. The van der Waals surface area contributed by atoms with Gasteiger partial charge in [-0.25, -0.2) is 4.98 Å². The van der Waals surface area contributed by atoms with Crippen molar-refractivity contribution in [1.29, 1.82) is 0 Å². The van der Waals surface area contributed by atoms with Crippen molar-refractivity contribution in [2.75, 3.05) is 0 Å². The molecule has 8 heteroatoms. The lowest BCUT2D eigenvalue weighted by molar-refractivity contribution is -0.372. The molecule has 1 aliphatic rings. The number of thiazole rings is 1. The zero-order valence-corrected chi connectivity index (χ0v) is 25.5. The van der Waals surface area contributed by atoms with Gasteiger partial charge in [-0.1, -0.05) is 103 Å². The van der Waals surface area contributed by atoms with E-state index in [0.29, 0.717) is 18.2 Å². The number of carbonyl (C=O) groups is 1. The fraction of sp³-hybridized carbons (Fsp3) is 0.278. The first-order valence-corrected chi connectivity index (χ1v) is 15.5. The van der Waals surface area contributed by atoms with Gasteiger partial charge in [0.2, 0.25) is 0 Å². The van der Waals surface area contributed by atoms with Gasteiger partial charge >= 0.3 is 5.97 Å². The maximum Gasteiger partial charge on any atom is 0.305 e. The molecular weight excluding hydrogens is 574 g/mol. The highest BCUT2D eigenvalue weighted by Gasteiger charge is 2.61. The van der Waals surface area contributed by atoms with Gasteiger partial charge in [0.1, 0.15) is 12.2 Å². The van der Waals surface area contributed by atoms with Crippen molar-refractivity contribution in [3.8, 4) is 0 Å². The van der Waals surface area contributed by atoms with E-state index in [0.717, 1.165) is 26.9 Å². The molecule has 6 rings (SSSR count). The molecule has 7 nitrogen and oxygen atoms in total. The topological polar surface area (TPSA) is 76.1 Å². The second kappa shape index (κ2) is 13.8. The highest BCUT2D eigenvalue weighted by atomic mass is 32.1. The molecule has 1 fully saturated rings. The quantitative estimate of drug-likeness (QED) is 0.147. The Hall–Kier alpha value is -3.92. The van der Waals surface area contributed by atoms with Crippen molar-refractivity contribution in [3.05, 3.63) is 137 Å². The first kappa shape index (κ1) is 30.1. The number of fused-ring (bicyclic) bond motifs is 1. The molecule has 2 heterocycles. The molecule has 0 amide bonds. The van der Waals surface area contributed by atoms with Crippen LogP contribution in [0, 0.1) is 0 Å². The Kier molecular flexibility index (Phi) is 9.45. The van der Waals surface area contributed by atoms with Crippen LogP contribution in [0.15, 0.2) is 115 Å². The van der Waals surface area contributed by atoms with Gasteiger partial charge in [-0.3, -0.25) is 4.79 Å². The summed E-state index contributed by atoms with van der Waals surface area (Å²) < 4.78 is 33.9. The predicted molar refractivity (Wildman–Crippen MR) is 169 cm³/mol. The fourth-order valence-electron chi connectivity index (χ4n) is 5.51. The molecule has 0 bridgehead atoms. The molecule has 1 aliphatic heterocycles. The molecule has 44 heavy (non-hydrogen) atoms. The molecule has 0 unspecified atom stereocenters. The Morgan fingerprint density at radius 1 is 0.727 bits per heavy atom. The normalized spacial score (nSPS) is 23.4. The van der Waals surface area contributed by atoms with E-state index in [9.17, 15) is 4.79 Å².